The number of alkyl halides is 1. The quantitative estimate of drug-likeness (QED) is 0.764. The Hall–Kier alpha value is -1.09. The van der Waals surface area contributed by atoms with Crippen molar-refractivity contribution in [1.29, 1.82) is 0 Å². The third kappa shape index (κ3) is 2.01. The lowest BCUT2D eigenvalue weighted by molar-refractivity contribution is 0.579. The van der Waals surface area contributed by atoms with Gasteiger partial charge in [-0.1, -0.05) is 6.92 Å². The molecular formula is C14H16ClFN2. The summed E-state index contributed by atoms with van der Waals surface area (Å²) in [7, 11) is 0. The summed E-state index contributed by atoms with van der Waals surface area (Å²) < 4.78 is 15.5. The Labute approximate surface area is 111 Å². The fraction of sp³-hybridized carbons (Fsp3) is 0.500. The zero-order chi connectivity index (χ0) is 12.9. The van der Waals surface area contributed by atoms with Crippen molar-refractivity contribution < 1.29 is 4.39 Å². The number of benzene rings is 1. The summed E-state index contributed by atoms with van der Waals surface area (Å²) in [5.41, 5.74) is 1.68. The van der Waals surface area contributed by atoms with Crippen LogP contribution in [0.3, 0.4) is 0 Å². The largest absolute Gasteiger partial charge is 0.326 e. The molecule has 0 bridgehead atoms. The maximum Gasteiger partial charge on any atom is 0.127 e. The van der Waals surface area contributed by atoms with Gasteiger partial charge in [0.2, 0.25) is 0 Å². The van der Waals surface area contributed by atoms with E-state index < -0.39 is 0 Å². The van der Waals surface area contributed by atoms with Crippen molar-refractivity contribution in [1.82, 2.24) is 9.55 Å². The van der Waals surface area contributed by atoms with Crippen LogP contribution in [0.2, 0.25) is 0 Å². The molecule has 4 heteroatoms. The van der Waals surface area contributed by atoms with Gasteiger partial charge in [0, 0.05) is 6.54 Å². The van der Waals surface area contributed by atoms with Gasteiger partial charge >= 0.3 is 0 Å². The summed E-state index contributed by atoms with van der Waals surface area (Å²) in [6.45, 7) is 5.05. The molecule has 18 heavy (non-hydrogen) atoms. The average Bonchev–Trinajstić information content (AvgIpc) is 2.87. The van der Waals surface area contributed by atoms with Crippen molar-refractivity contribution >= 4 is 22.6 Å². The minimum Gasteiger partial charge on any atom is -0.326 e. The number of rotatable bonds is 3. The first-order valence-electron chi connectivity index (χ1n) is 6.36. The number of halogens is 2. The van der Waals surface area contributed by atoms with Crippen molar-refractivity contribution in [2.75, 3.05) is 0 Å². The van der Waals surface area contributed by atoms with Gasteiger partial charge in [0.1, 0.15) is 11.6 Å². The van der Waals surface area contributed by atoms with Gasteiger partial charge in [-0.2, -0.15) is 0 Å². The number of imidazole rings is 1. The second-order valence-corrected chi connectivity index (χ2v) is 5.96. The Bertz CT molecular complexity index is 591. The number of hydrogen-bond acceptors (Lipinski definition) is 1. The molecule has 3 rings (SSSR count). The molecule has 96 valence electrons. The third-order valence-corrected chi connectivity index (χ3v) is 3.98. The molecule has 2 aromatic rings. The van der Waals surface area contributed by atoms with E-state index in [0.29, 0.717) is 5.92 Å². The van der Waals surface area contributed by atoms with E-state index in [0.717, 1.165) is 29.3 Å². The molecule has 0 saturated heterocycles. The molecule has 0 amide bonds. The van der Waals surface area contributed by atoms with Crippen LogP contribution in [0.1, 0.15) is 31.5 Å². The summed E-state index contributed by atoms with van der Waals surface area (Å²) in [5, 5.41) is -0.158. The normalized spacial score (nSPS) is 24.4. The highest BCUT2D eigenvalue weighted by Crippen LogP contribution is 2.40. The molecule has 1 aliphatic rings. The zero-order valence-corrected chi connectivity index (χ0v) is 11.3. The molecule has 3 atom stereocenters. The molecular weight excluding hydrogens is 251 g/mol. The van der Waals surface area contributed by atoms with E-state index in [-0.39, 0.29) is 11.2 Å². The maximum atomic E-state index is 13.4. The first-order chi connectivity index (χ1) is 8.56. The van der Waals surface area contributed by atoms with Gasteiger partial charge in [-0.15, -0.1) is 11.6 Å². The van der Waals surface area contributed by atoms with E-state index in [1.54, 1.807) is 12.1 Å². The fourth-order valence-electron chi connectivity index (χ4n) is 2.50. The molecule has 1 saturated carbocycles. The first kappa shape index (κ1) is 12.0. The average molecular weight is 267 g/mol. The summed E-state index contributed by atoms with van der Waals surface area (Å²) in [6, 6.07) is 4.72. The fourth-order valence-corrected chi connectivity index (χ4v) is 2.66. The molecule has 0 radical (unpaired) electrons. The van der Waals surface area contributed by atoms with Crippen LogP contribution in [0.15, 0.2) is 18.2 Å². The van der Waals surface area contributed by atoms with Crippen LogP contribution >= 0.6 is 11.6 Å². The van der Waals surface area contributed by atoms with E-state index in [1.165, 1.54) is 12.5 Å². The van der Waals surface area contributed by atoms with Gasteiger partial charge in [0.15, 0.2) is 0 Å². The van der Waals surface area contributed by atoms with E-state index in [4.69, 9.17) is 11.6 Å². The Morgan fingerprint density at radius 3 is 2.89 bits per heavy atom. The topological polar surface area (TPSA) is 17.8 Å². The molecule has 1 aliphatic carbocycles. The molecule has 1 aromatic heterocycles. The molecule has 3 unspecified atom stereocenters. The second kappa shape index (κ2) is 4.23. The molecule has 0 spiro atoms. The van der Waals surface area contributed by atoms with Gasteiger partial charge in [-0.3, -0.25) is 0 Å². The monoisotopic (exact) mass is 266 g/mol. The molecule has 0 aliphatic heterocycles. The van der Waals surface area contributed by atoms with Crippen LogP contribution in [0.5, 0.6) is 0 Å². The van der Waals surface area contributed by atoms with Crippen molar-refractivity contribution in [2.45, 2.75) is 32.2 Å². The standard InChI is InChI=1S/C14H16ClFN2/c1-8-5-10(8)7-18-13-6-11(16)3-4-12(13)17-14(18)9(2)15/h3-4,6,8-10H,5,7H2,1-2H3. The predicted molar refractivity (Wildman–Crippen MR) is 71.2 cm³/mol. The van der Waals surface area contributed by atoms with Gasteiger partial charge in [-0.05, 0) is 43.4 Å². The summed E-state index contributed by atoms with van der Waals surface area (Å²) >= 11 is 6.18. The van der Waals surface area contributed by atoms with E-state index in [2.05, 4.69) is 16.5 Å². The SMILES string of the molecule is CC(Cl)c1nc2ccc(F)cc2n1CC1CC1C. The number of nitrogens with zero attached hydrogens (tertiary/aromatic N) is 2. The molecule has 2 nitrogen and oxygen atoms in total. The zero-order valence-electron chi connectivity index (χ0n) is 10.5. The van der Waals surface area contributed by atoms with Gasteiger partial charge in [-0.25, -0.2) is 9.37 Å². The summed E-state index contributed by atoms with van der Waals surface area (Å²) in [6.07, 6.45) is 1.24. The molecule has 1 heterocycles. The van der Waals surface area contributed by atoms with E-state index in [1.807, 2.05) is 6.92 Å². The van der Waals surface area contributed by atoms with Crippen LogP contribution in [-0.2, 0) is 6.54 Å². The third-order valence-electron chi connectivity index (χ3n) is 3.79. The van der Waals surface area contributed by atoms with Crippen LogP contribution in [-0.4, -0.2) is 9.55 Å². The molecule has 1 aromatic carbocycles. The Morgan fingerprint density at radius 2 is 2.28 bits per heavy atom. The van der Waals surface area contributed by atoms with Crippen LogP contribution in [0.4, 0.5) is 4.39 Å². The lowest BCUT2D eigenvalue weighted by atomic mass is 10.3. The van der Waals surface area contributed by atoms with Crippen molar-refractivity contribution in [3.63, 3.8) is 0 Å². The number of fused-ring (bicyclic) bond motifs is 1. The molecule has 1 fully saturated rings. The van der Waals surface area contributed by atoms with Crippen molar-refractivity contribution in [2.24, 2.45) is 11.8 Å². The predicted octanol–water partition coefficient (Wildman–Crippen LogP) is 4.13. The summed E-state index contributed by atoms with van der Waals surface area (Å²) in [4.78, 5) is 4.52. The Kier molecular flexibility index (Phi) is 2.81. The van der Waals surface area contributed by atoms with Crippen molar-refractivity contribution in [3.05, 3.63) is 29.8 Å². The van der Waals surface area contributed by atoms with E-state index in [9.17, 15) is 4.39 Å². The smallest absolute Gasteiger partial charge is 0.127 e. The second-order valence-electron chi connectivity index (χ2n) is 5.30. The Balaban J connectivity index is 2.10. The summed E-state index contributed by atoms with van der Waals surface area (Å²) in [5.74, 6) is 2.06. The molecule has 0 N–H and O–H groups in total. The highest BCUT2D eigenvalue weighted by molar-refractivity contribution is 6.20. The highest BCUT2D eigenvalue weighted by atomic mass is 35.5. The van der Waals surface area contributed by atoms with Crippen LogP contribution in [0, 0.1) is 17.7 Å². The van der Waals surface area contributed by atoms with Gasteiger partial charge in [0.05, 0.1) is 16.4 Å². The van der Waals surface area contributed by atoms with Crippen LogP contribution in [0.25, 0.3) is 11.0 Å². The number of hydrogen-bond donors (Lipinski definition) is 0. The first-order valence-corrected chi connectivity index (χ1v) is 6.79. The lowest BCUT2D eigenvalue weighted by Gasteiger charge is -2.10. The van der Waals surface area contributed by atoms with Gasteiger partial charge in [0.25, 0.3) is 0 Å². The maximum absolute atomic E-state index is 13.4. The van der Waals surface area contributed by atoms with Crippen molar-refractivity contribution in [3.8, 4) is 0 Å². The van der Waals surface area contributed by atoms with Gasteiger partial charge < -0.3 is 4.57 Å². The minimum absolute atomic E-state index is 0.158. The lowest BCUT2D eigenvalue weighted by Crippen LogP contribution is -2.06. The number of aromatic nitrogens is 2. The minimum atomic E-state index is -0.221. The Morgan fingerprint density at radius 1 is 1.56 bits per heavy atom. The highest BCUT2D eigenvalue weighted by Gasteiger charge is 2.34. The van der Waals surface area contributed by atoms with E-state index >= 15 is 0 Å². The van der Waals surface area contributed by atoms with Crippen LogP contribution < -0.4 is 0 Å².